The average Bonchev–Trinajstić information content (AvgIpc) is 2.02. The highest BCUT2D eigenvalue weighted by Gasteiger charge is 2.11. The van der Waals surface area contributed by atoms with Crippen LogP contribution in [-0.2, 0) is 4.79 Å². The molecule has 0 aromatic carbocycles. The SMILES string of the molecule is CNC(=O)N(C)CC(=O)N(C)C. The van der Waals surface area contributed by atoms with Gasteiger partial charge in [-0.15, -0.1) is 0 Å². The van der Waals surface area contributed by atoms with Gasteiger partial charge in [-0.2, -0.15) is 0 Å². The fraction of sp³-hybridized carbons (Fsp3) is 0.714. The van der Waals surface area contributed by atoms with Gasteiger partial charge >= 0.3 is 6.03 Å². The maximum absolute atomic E-state index is 11.1. The topological polar surface area (TPSA) is 52.7 Å². The van der Waals surface area contributed by atoms with Crippen molar-refractivity contribution in [2.75, 3.05) is 34.7 Å². The molecule has 0 fully saturated rings. The van der Waals surface area contributed by atoms with Crippen LogP contribution in [0.25, 0.3) is 0 Å². The second-order valence-electron chi connectivity index (χ2n) is 2.70. The number of hydrogen-bond acceptors (Lipinski definition) is 2. The summed E-state index contributed by atoms with van der Waals surface area (Å²) in [5.74, 6) is -0.0962. The van der Waals surface area contributed by atoms with Crippen molar-refractivity contribution in [1.82, 2.24) is 15.1 Å². The molecule has 3 amide bonds. The van der Waals surface area contributed by atoms with Crippen LogP contribution in [0, 0.1) is 0 Å². The van der Waals surface area contributed by atoms with E-state index in [0.29, 0.717) is 0 Å². The average molecular weight is 173 g/mol. The second-order valence-corrected chi connectivity index (χ2v) is 2.70. The van der Waals surface area contributed by atoms with E-state index in [-0.39, 0.29) is 18.5 Å². The first kappa shape index (κ1) is 10.7. The Morgan fingerprint density at radius 1 is 1.25 bits per heavy atom. The van der Waals surface area contributed by atoms with Gasteiger partial charge in [-0.3, -0.25) is 4.79 Å². The molecule has 70 valence electrons. The molecule has 1 N–H and O–H groups in total. The van der Waals surface area contributed by atoms with Gasteiger partial charge in [-0.1, -0.05) is 0 Å². The van der Waals surface area contributed by atoms with Crippen molar-refractivity contribution >= 4 is 11.9 Å². The van der Waals surface area contributed by atoms with E-state index in [1.165, 1.54) is 16.8 Å². The summed E-state index contributed by atoms with van der Waals surface area (Å²) >= 11 is 0. The molecule has 0 aliphatic heterocycles. The zero-order chi connectivity index (χ0) is 9.72. The minimum atomic E-state index is -0.259. The Bertz CT molecular complexity index is 179. The maximum Gasteiger partial charge on any atom is 0.317 e. The first-order chi connectivity index (χ1) is 5.49. The van der Waals surface area contributed by atoms with Crippen molar-refractivity contribution < 1.29 is 9.59 Å². The molecule has 12 heavy (non-hydrogen) atoms. The molecule has 5 nitrogen and oxygen atoms in total. The largest absolute Gasteiger partial charge is 0.347 e. The summed E-state index contributed by atoms with van der Waals surface area (Å²) in [5.41, 5.74) is 0. The van der Waals surface area contributed by atoms with E-state index in [9.17, 15) is 9.59 Å². The molecule has 0 saturated carbocycles. The van der Waals surface area contributed by atoms with Gasteiger partial charge in [-0.25, -0.2) is 4.79 Å². The molecule has 0 saturated heterocycles. The second kappa shape index (κ2) is 4.58. The predicted octanol–water partition coefficient (Wildman–Crippen LogP) is -0.654. The molecule has 0 aliphatic carbocycles. The van der Waals surface area contributed by atoms with Crippen LogP contribution in [0.4, 0.5) is 4.79 Å². The van der Waals surface area contributed by atoms with Crippen molar-refractivity contribution in [3.63, 3.8) is 0 Å². The molecule has 0 heterocycles. The quantitative estimate of drug-likeness (QED) is 0.603. The normalized spacial score (nSPS) is 9.00. The van der Waals surface area contributed by atoms with Gasteiger partial charge in [0.25, 0.3) is 0 Å². The third-order valence-corrected chi connectivity index (χ3v) is 1.43. The van der Waals surface area contributed by atoms with Crippen LogP contribution in [-0.4, -0.2) is 56.5 Å². The van der Waals surface area contributed by atoms with Crippen LogP contribution in [0.5, 0.6) is 0 Å². The van der Waals surface area contributed by atoms with E-state index in [4.69, 9.17) is 0 Å². The fourth-order valence-electron chi connectivity index (χ4n) is 0.607. The summed E-state index contributed by atoms with van der Waals surface area (Å²) in [6, 6.07) is -0.259. The number of hydrogen-bond donors (Lipinski definition) is 1. The lowest BCUT2D eigenvalue weighted by atomic mass is 10.5. The van der Waals surface area contributed by atoms with E-state index < -0.39 is 0 Å². The van der Waals surface area contributed by atoms with Crippen molar-refractivity contribution in [2.24, 2.45) is 0 Å². The number of amides is 3. The number of carbonyl (C=O) groups is 2. The summed E-state index contributed by atoms with van der Waals surface area (Å²) in [6.45, 7) is 0.104. The van der Waals surface area contributed by atoms with Crippen LogP contribution in [0.1, 0.15) is 0 Å². The van der Waals surface area contributed by atoms with E-state index in [1.54, 1.807) is 21.1 Å². The molecule has 0 bridgehead atoms. The Hall–Kier alpha value is -1.26. The Morgan fingerprint density at radius 3 is 2.08 bits per heavy atom. The van der Waals surface area contributed by atoms with Crippen molar-refractivity contribution in [3.05, 3.63) is 0 Å². The number of nitrogens with one attached hydrogen (secondary N) is 1. The number of likely N-dealkylation sites (N-methyl/N-ethyl adjacent to an activating group) is 2. The van der Waals surface area contributed by atoms with Crippen molar-refractivity contribution in [3.8, 4) is 0 Å². The van der Waals surface area contributed by atoms with Gasteiger partial charge in [-0.05, 0) is 0 Å². The zero-order valence-corrected chi connectivity index (χ0v) is 7.92. The Morgan fingerprint density at radius 2 is 1.75 bits per heavy atom. The van der Waals surface area contributed by atoms with Crippen molar-refractivity contribution in [1.29, 1.82) is 0 Å². The van der Waals surface area contributed by atoms with Crippen LogP contribution in [0.15, 0.2) is 0 Å². The number of carbonyl (C=O) groups excluding carboxylic acids is 2. The fourth-order valence-corrected chi connectivity index (χ4v) is 0.607. The Balaban J connectivity index is 3.92. The van der Waals surface area contributed by atoms with Crippen LogP contribution in [0.2, 0.25) is 0 Å². The minimum absolute atomic E-state index is 0.0962. The van der Waals surface area contributed by atoms with Gasteiger partial charge in [0.2, 0.25) is 5.91 Å². The molecule has 5 heteroatoms. The summed E-state index contributed by atoms with van der Waals surface area (Å²) in [4.78, 5) is 24.8. The maximum atomic E-state index is 11.1. The first-order valence-corrected chi connectivity index (χ1v) is 3.62. The summed E-state index contributed by atoms with van der Waals surface area (Å²) in [5, 5.41) is 2.43. The number of rotatable bonds is 2. The lowest BCUT2D eigenvalue weighted by molar-refractivity contribution is -0.129. The smallest absolute Gasteiger partial charge is 0.317 e. The lowest BCUT2D eigenvalue weighted by Gasteiger charge is -2.18. The van der Waals surface area contributed by atoms with Gasteiger partial charge in [0.15, 0.2) is 0 Å². The molecule has 0 atom stereocenters. The summed E-state index contributed by atoms with van der Waals surface area (Å²) in [7, 11) is 6.40. The molecule has 0 aromatic heterocycles. The van der Waals surface area contributed by atoms with Crippen LogP contribution >= 0.6 is 0 Å². The van der Waals surface area contributed by atoms with Crippen LogP contribution in [0.3, 0.4) is 0 Å². The summed E-state index contributed by atoms with van der Waals surface area (Å²) < 4.78 is 0. The van der Waals surface area contributed by atoms with Gasteiger partial charge in [0, 0.05) is 28.2 Å². The molecule has 0 spiro atoms. The molecule has 0 unspecified atom stereocenters. The van der Waals surface area contributed by atoms with Crippen LogP contribution < -0.4 is 5.32 Å². The highest BCUT2D eigenvalue weighted by molar-refractivity contribution is 5.83. The first-order valence-electron chi connectivity index (χ1n) is 3.62. The number of urea groups is 1. The Labute approximate surface area is 72.3 Å². The van der Waals surface area contributed by atoms with Gasteiger partial charge in [0.1, 0.15) is 6.54 Å². The highest BCUT2D eigenvalue weighted by Crippen LogP contribution is 1.86. The minimum Gasteiger partial charge on any atom is -0.347 e. The Kier molecular flexibility index (Phi) is 4.10. The van der Waals surface area contributed by atoms with Crippen molar-refractivity contribution in [2.45, 2.75) is 0 Å². The van der Waals surface area contributed by atoms with E-state index in [2.05, 4.69) is 5.32 Å². The summed E-state index contributed by atoms with van der Waals surface area (Å²) in [6.07, 6.45) is 0. The van der Waals surface area contributed by atoms with Gasteiger partial charge in [0.05, 0.1) is 0 Å². The predicted molar refractivity (Wildman–Crippen MR) is 45.8 cm³/mol. The third kappa shape index (κ3) is 3.23. The van der Waals surface area contributed by atoms with E-state index in [0.717, 1.165) is 0 Å². The van der Waals surface area contributed by atoms with E-state index >= 15 is 0 Å². The molecule has 0 rings (SSSR count). The molecular formula is C7H15N3O2. The number of nitrogens with zero attached hydrogens (tertiary/aromatic N) is 2. The van der Waals surface area contributed by atoms with E-state index in [1.807, 2.05) is 0 Å². The zero-order valence-electron chi connectivity index (χ0n) is 7.92. The standard InChI is InChI=1S/C7H15N3O2/c1-8-7(12)10(4)5-6(11)9(2)3/h5H2,1-4H3,(H,8,12). The monoisotopic (exact) mass is 173 g/mol. The molecular weight excluding hydrogens is 158 g/mol. The molecule has 0 aliphatic rings. The highest BCUT2D eigenvalue weighted by atomic mass is 16.2. The molecule has 0 aromatic rings. The van der Waals surface area contributed by atoms with Gasteiger partial charge < -0.3 is 15.1 Å². The lowest BCUT2D eigenvalue weighted by Crippen LogP contribution is -2.41. The third-order valence-electron chi connectivity index (χ3n) is 1.43. The molecule has 0 radical (unpaired) electrons.